The lowest BCUT2D eigenvalue weighted by atomic mass is 9.72. The van der Waals surface area contributed by atoms with E-state index in [1.807, 2.05) is 13.8 Å². The Kier molecular flexibility index (Phi) is 7.42. The molecule has 2 nitrogen and oxygen atoms in total. The van der Waals surface area contributed by atoms with Gasteiger partial charge in [0.05, 0.1) is 11.4 Å². The van der Waals surface area contributed by atoms with Crippen LogP contribution in [-0.2, 0) is 0 Å². The zero-order valence-electron chi connectivity index (χ0n) is 19.4. The molecule has 0 fully saturated rings. The average Bonchev–Trinajstić information content (AvgIpc) is 2.58. The fourth-order valence-electron chi connectivity index (χ4n) is 4.65. The summed E-state index contributed by atoms with van der Waals surface area (Å²) < 4.78 is 0. The van der Waals surface area contributed by atoms with E-state index < -0.39 is 0 Å². The molecule has 154 valence electrons. The van der Waals surface area contributed by atoms with Crippen LogP contribution in [0, 0.1) is 10.8 Å². The first kappa shape index (κ1) is 22.6. The van der Waals surface area contributed by atoms with Gasteiger partial charge < -0.3 is 0 Å². The molecule has 2 aliphatic carbocycles. The predicted molar refractivity (Wildman–Crippen MR) is 125 cm³/mol. The zero-order chi connectivity index (χ0) is 20.9. The lowest BCUT2D eigenvalue weighted by molar-refractivity contribution is 0.376. The lowest BCUT2D eigenvalue weighted by Gasteiger charge is -2.32. The van der Waals surface area contributed by atoms with E-state index >= 15 is 0 Å². The van der Waals surface area contributed by atoms with E-state index in [1.165, 1.54) is 60.8 Å². The van der Waals surface area contributed by atoms with Crippen molar-refractivity contribution < 1.29 is 0 Å². The lowest BCUT2D eigenvalue weighted by Crippen LogP contribution is -2.19. The third kappa shape index (κ3) is 5.90. The highest BCUT2D eigenvalue weighted by Gasteiger charge is 2.27. The molecule has 0 unspecified atom stereocenters. The van der Waals surface area contributed by atoms with E-state index in [2.05, 4.69) is 76.0 Å². The van der Waals surface area contributed by atoms with E-state index in [-0.39, 0.29) is 10.8 Å². The molecule has 0 spiro atoms. The van der Waals surface area contributed by atoms with Gasteiger partial charge in [0, 0.05) is 0 Å². The summed E-state index contributed by atoms with van der Waals surface area (Å²) in [5, 5.41) is 8.86. The quantitative estimate of drug-likeness (QED) is 0.341. The van der Waals surface area contributed by atoms with Crippen molar-refractivity contribution in [2.24, 2.45) is 21.0 Å². The molecular weight excluding hydrogens is 340 g/mol. The smallest absolute Gasteiger partial charge is 0.0599 e. The first-order valence-corrected chi connectivity index (χ1v) is 10.9. The molecule has 0 aromatic rings. The zero-order valence-corrected chi connectivity index (χ0v) is 19.4. The number of allylic oxidation sites excluding steroid dienone is 8. The van der Waals surface area contributed by atoms with Gasteiger partial charge in [-0.25, -0.2) is 0 Å². The Morgan fingerprint density at radius 1 is 0.714 bits per heavy atom. The van der Waals surface area contributed by atoms with Crippen LogP contribution in [0.2, 0.25) is 0 Å². The Hall–Kier alpha value is -1.70. The summed E-state index contributed by atoms with van der Waals surface area (Å²) in [7, 11) is 0. The minimum atomic E-state index is 0.263. The molecule has 0 radical (unpaired) electrons. The summed E-state index contributed by atoms with van der Waals surface area (Å²) in [6.07, 6.45) is 16.3. The first-order valence-electron chi connectivity index (χ1n) is 10.9. The van der Waals surface area contributed by atoms with Crippen molar-refractivity contribution in [1.82, 2.24) is 0 Å². The van der Waals surface area contributed by atoms with Crippen LogP contribution in [0.15, 0.2) is 56.8 Å². The van der Waals surface area contributed by atoms with Crippen LogP contribution < -0.4 is 0 Å². The van der Waals surface area contributed by atoms with Gasteiger partial charge in [-0.2, -0.15) is 10.2 Å². The van der Waals surface area contributed by atoms with Crippen LogP contribution in [-0.4, -0.2) is 11.4 Å². The molecule has 28 heavy (non-hydrogen) atoms. The molecule has 0 aliphatic heterocycles. The molecule has 0 saturated carbocycles. The minimum Gasteiger partial charge on any atom is -0.156 e. The summed E-state index contributed by atoms with van der Waals surface area (Å²) in [6.45, 7) is 18.0. The third-order valence-electron chi connectivity index (χ3n) is 6.43. The van der Waals surface area contributed by atoms with Crippen molar-refractivity contribution in [2.75, 3.05) is 0 Å². The summed E-state index contributed by atoms with van der Waals surface area (Å²) >= 11 is 0. The second-order valence-corrected chi connectivity index (χ2v) is 10.0. The van der Waals surface area contributed by atoms with Gasteiger partial charge in [-0.15, -0.1) is 0 Å². The Morgan fingerprint density at radius 2 is 1.07 bits per heavy atom. The second-order valence-electron chi connectivity index (χ2n) is 10.0. The van der Waals surface area contributed by atoms with Gasteiger partial charge in [0.15, 0.2) is 0 Å². The van der Waals surface area contributed by atoms with E-state index in [1.54, 1.807) is 0 Å². The molecule has 0 saturated heterocycles. The Morgan fingerprint density at radius 3 is 1.39 bits per heavy atom. The van der Waals surface area contributed by atoms with E-state index in [4.69, 9.17) is 0 Å². The van der Waals surface area contributed by atoms with Gasteiger partial charge in [-0.3, -0.25) is 0 Å². The molecular formula is C26H40N2. The molecule has 2 rings (SSSR count). The maximum absolute atomic E-state index is 4.43. The predicted octanol–water partition coefficient (Wildman–Crippen LogP) is 7.99. The molecule has 0 heterocycles. The molecule has 0 bridgehead atoms. The van der Waals surface area contributed by atoms with E-state index in [0.29, 0.717) is 0 Å². The number of nitrogens with zero attached hydrogens (tertiary/aromatic N) is 2. The fraction of sp³-hybridized carbons (Fsp3) is 0.615. The van der Waals surface area contributed by atoms with Crippen LogP contribution >= 0.6 is 0 Å². The Balaban J connectivity index is 2.10. The normalized spacial score (nSPS) is 24.0. The molecule has 0 aromatic heterocycles. The molecule has 2 heteroatoms. The highest BCUT2D eigenvalue weighted by Crippen LogP contribution is 2.41. The van der Waals surface area contributed by atoms with Crippen molar-refractivity contribution in [1.29, 1.82) is 0 Å². The van der Waals surface area contributed by atoms with Gasteiger partial charge in [0.25, 0.3) is 0 Å². The SMILES string of the molecule is CC1=C(\C=C/C(C)=N\N=C(C)\C=C\C2=C(C)CCCC2(C)C)C(C)(C)CCC1. The molecule has 0 atom stereocenters. The van der Waals surface area contributed by atoms with Gasteiger partial charge in [0.1, 0.15) is 0 Å². The highest BCUT2D eigenvalue weighted by molar-refractivity contribution is 5.96. The van der Waals surface area contributed by atoms with Crippen molar-refractivity contribution in [3.63, 3.8) is 0 Å². The van der Waals surface area contributed by atoms with Crippen LogP contribution in [0.3, 0.4) is 0 Å². The van der Waals surface area contributed by atoms with Crippen molar-refractivity contribution in [2.45, 2.75) is 93.9 Å². The highest BCUT2D eigenvalue weighted by atomic mass is 15.2. The van der Waals surface area contributed by atoms with Crippen LogP contribution in [0.25, 0.3) is 0 Å². The second kappa shape index (κ2) is 9.20. The number of hydrogen-bond acceptors (Lipinski definition) is 2. The topological polar surface area (TPSA) is 24.7 Å². The van der Waals surface area contributed by atoms with Gasteiger partial charge in [0.2, 0.25) is 0 Å². The maximum atomic E-state index is 4.43. The summed E-state index contributed by atoms with van der Waals surface area (Å²) in [6, 6.07) is 0. The Bertz CT molecular complexity index is 698. The van der Waals surface area contributed by atoms with E-state index in [0.717, 1.165) is 11.4 Å². The van der Waals surface area contributed by atoms with E-state index in [9.17, 15) is 0 Å². The number of rotatable bonds is 5. The monoisotopic (exact) mass is 380 g/mol. The average molecular weight is 381 g/mol. The minimum absolute atomic E-state index is 0.263. The van der Waals surface area contributed by atoms with Crippen molar-refractivity contribution in [3.05, 3.63) is 46.6 Å². The number of hydrogen-bond donors (Lipinski definition) is 0. The molecule has 0 amide bonds. The molecule has 0 aromatic carbocycles. The van der Waals surface area contributed by atoms with Crippen LogP contribution in [0.5, 0.6) is 0 Å². The molecule has 2 aliphatic rings. The van der Waals surface area contributed by atoms with Crippen LogP contribution in [0.4, 0.5) is 0 Å². The van der Waals surface area contributed by atoms with Gasteiger partial charge in [-0.1, -0.05) is 51.0 Å². The van der Waals surface area contributed by atoms with Crippen molar-refractivity contribution >= 4 is 11.4 Å². The third-order valence-corrected chi connectivity index (χ3v) is 6.43. The summed E-state index contributed by atoms with van der Waals surface area (Å²) in [5.41, 5.74) is 8.39. The van der Waals surface area contributed by atoms with Gasteiger partial charge >= 0.3 is 0 Å². The largest absolute Gasteiger partial charge is 0.156 e. The summed E-state index contributed by atoms with van der Waals surface area (Å²) in [5.74, 6) is 0. The van der Waals surface area contributed by atoms with Gasteiger partial charge in [-0.05, 0) is 100 Å². The van der Waals surface area contributed by atoms with Crippen molar-refractivity contribution in [3.8, 4) is 0 Å². The molecule has 0 N–H and O–H groups in total. The standard InChI is InChI=1S/C26H40N2/c1-19-11-9-17-25(5,6)23(19)15-13-21(3)27-28-22(4)14-16-24-20(2)12-10-18-26(24,7)8/h13-16H,9-12,17-18H2,1-8H3/b15-13-,16-14+,27-21-,28-22+. The fourth-order valence-corrected chi connectivity index (χ4v) is 4.65. The van der Waals surface area contributed by atoms with Crippen LogP contribution in [0.1, 0.15) is 93.9 Å². The first-order chi connectivity index (χ1) is 13.0. The summed E-state index contributed by atoms with van der Waals surface area (Å²) in [4.78, 5) is 0. The maximum Gasteiger partial charge on any atom is 0.0599 e. The Labute approximate surface area is 173 Å².